The van der Waals surface area contributed by atoms with Gasteiger partial charge in [-0.25, -0.2) is 4.79 Å². The molecular weight excluding hydrogens is 322 g/mol. The van der Waals surface area contributed by atoms with E-state index in [0.717, 1.165) is 16.6 Å². The average molecular weight is 336 g/mol. The molecule has 0 aliphatic carbocycles. The van der Waals surface area contributed by atoms with Crippen LogP contribution in [0.3, 0.4) is 0 Å². The molecule has 0 saturated carbocycles. The van der Waals surface area contributed by atoms with Crippen LogP contribution in [0.1, 0.15) is 28.5 Å². The van der Waals surface area contributed by atoms with E-state index < -0.39 is 11.8 Å². The summed E-state index contributed by atoms with van der Waals surface area (Å²) < 4.78 is 4.77. The Bertz CT molecular complexity index is 682. The molecule has 2 rings (SSSR count). The van der Waals surface area contributed by atoms with Crippen LogP contribution < -0.4 is 0 Å². The third kappa shape index (κ3) is 2.72. The van der Waals surface area contributed by atoms with E-state index in [1.807, 2.05) is 19.1 Å². The number of carbonyl (C=O) groups excluding carboxylic acids is 2. The number of benzene rings is 1. The first-order valence-corrected chi connectivity index (χ1v) is 7.37. The third-order valence-corrected chi connectivity index (χ3v) is 3.51. The molecule has 1 aromatic carbocycles. The second-order valence-electron chi connectivity index (χ2n) is 4.30. The number of aromatic nitrogens is 1. The maximum atomic E-state index is 12.1. The largest absolute Gasteiger partial charge is 0.460 e. The Morgan fingerprint density at radius 2 is 1.95 bits per heavy atom. The molecule has 0 spiro atoms. The van der Waals surface area contributed by atoms with Gasteiger partial charge in [-0.15, -0.1) is 0 Å². The van der Waals surface area contributed by atoms with Crippen molar-refractivity contribution >= 4 is 38.6 Å². The Balaban J connectivity index is 2.59. The van der Waals surface area contributed by atoms with Crippen LogP contribution in [0.2, 0.25) is 0 Å². The summed E-state index contributed by atoms with van der Waals surface area (Å²) in [4.78, 5) is 28.2. The summed E-state index contributed by atoms with van der Waals surface area (Å²) in [5.41, 5.74) is 2.65. The van der Waals surface area contributed by atoms with Gasteiger partial charge in [0, 0.05) is 27.5 Å². The lowest BCUT2D eigenvalue weighted by Crippen LogP contribution is -2.19. The summed E-state index contributed by atoms with van der Waals surface area (Å²) in [5.74, 6) is -1.46. The van der Waals surface area contributed by atoms with Gasteiger partial charge in [-0.1, -0.05) is 28.1 Å². The quantitative estimate of drug-likeness (QED) is 0.372. The van der Waals surface area contributed by atoms with Gasteiger partial charge in [0.2, 0.25) is 0 Å². The van der Waals surface area contributed by atoms with E-state index in [1.165, 1.54) is 0 Å². The highest BCUT2D eigenvalue weighted by Gasteiger charge is 2.22. The van der Waals surface area contributed by atoms with E-state index in [4.69, 9.17) is 4.74 Å². The normalized spacial score (nSPS) is 10.6. The Hall–Kier alpha value is -1.75. The van der Waals surface area contributed by atoms with Crippen molar-refractivity contribution in [2.75, 3.05) is 6.61 Å². The minimum absolute atomic E-state index is 0.180. The molecule has 0 aliphatic heterocycles. The zero-order valence-corrected chi connectivity index (χ0v) is 12.9. The summed E-state index contributed by atoms with van der Waals surface area (Å²) in [7, 11) is 0. The Kier molecular flexibility index (Phi) is 4.49. The fourth-order valence-corrected chi connectivity index (χ4v) is 2.57. The molecule has 20 heavy (non-hydrogen) atoms. The van der Waals surface area contributed by atoms with E-state index in [1.54, 1.807) is 19.1 Å². The molecule has 0 fully saturated rings. The molecule has 5 heteroatoms. The van der Waals surface area contributed by atoms with E-state index >= 15 is 0 Å². The van der Waals surface area contributed by atoms with E-state index in [2.05, 4.69) is 20.9 Å². The highest BCUT2D eigenvalue weighted by Crippen LogP contribution is 2.24. The molecule has 0 amide bonds. The highest BCUT2D eigenvalue weighted by molar-refractivity contribution is 9.08. The fraction of sp³-hybridized carbons (Fsp3) is 0.267. The predicted molar refractivity (Wildman–Crippen MR) is 80.1 cm³/mol. The van der Waals surface area contributed by atoms with Crippen molar-refractivity contribution in [1.29, 1.82) is 0 Å². The van der Waals surface area contributed by atoms with Crippen molar-refractivity contribution in [2.45, 2.75) is 19.2 Å². The van der Waals surface area contributed by atoms with Gasteiger partial charge in [0.15, 0.2) is 0 Å². The first kappa shape index (κ1) is 14.7. The molecule has 4 nitrogen and oxygen atoms in total. The first-order chi connectivity index (χ1) is 9.58. The zero-order valence-electron chi connectivity index (χ0n) is 11.3. The molecule has 104 valence electrons. The van der Waals surface area contributed by atoms with Gasteiger partial charge in [0.25, 0.3) is 5.78 Å². The molecule has 0 N–H and O–H groups in total. The SMILES string of the molecule is CCOC(=O)C(=O)c1ccc2ccc(C)nc2c1CBr. The second-order valence-corrected chi connectivity index (χ2v) is 4.86. The molecular formula is C15H14BrNO3. The summed E-state index contributed by atoms with van der Waals surface area (Å²) in [5, 5.41) is 1.38. The Labute approximate surface area is 125 Å². The molecule has 0 unspecified atom stereocenters. The summed E-state index contributed by atoms with van der Waals surface area (Å²) >= 11 is 3.37. The lowest BCUT2D eigenvalue weighted by atomic mass is 10.0. The number of pyridine rings is 1. The van der Waals surface area contributed by atoms with Crippen LogP contribution in [-0.4, -0.2) is 23.3 Å². The number of carbonyl (C=O) groups is 2. The van der Waals surface area contributed by atoms with Gasteiger partial charge >= 0.3 is 5.97 Å². The first-order valence-electron chi connectivity index (χ1n) is 6.25. The van der Waals surface area contributed by atoms with Gasteiger partial charge in [0.05, 0.1) is 12.1 Å². The highest BCUT2D eigenvalue weighted by atomic mass is 79.9. The number of ketones is 1. The standard InChI is InChI=1S/C15H14BrNO3/c1-3-20-15(19)14(18)11-7-6-10-5-4-9(2)17-13(10)12(11)8-16/h4-7H,3,8H2,1-2H3. The lowest BCUT2D eigenvalue weighted by molar-refractivity contribution is -0.137. The van der Waals surface area contributed by atoms with Gasteiger partial charge in [0.1, 0.15) is 0 Å². The molecule has 0 atom stereocenters. The molecule has 0 aliphatic rings. The van der Waals surface area contributed by atoms with Gasteiger partial charge in [-0.3, -0.25) is 9.78 Å². The van der Waals surface area contributed by atoms with Crippen molar-refractivity contribution < 1.29 is 14.3 Å². The van der Waals surface area contributed by atoms with Crippen molar-refractivity contribution in [3.8, 4) is 0 Å². The van der Waals surface area contributed by atoms with Crippen molar-refractivity contribution in [1.82, 2.24) is 4.98 Å². The van der Waals surface area contributed by atoms with Crippen LogP contribution in [-0.2, 0) is 14.9 Å². The van der Waals surface area contributed by atoms with Crippen LogP contribution in [0.5, 0.6) is 0 Å². The van der Waals surface area contributed by atoms with Crippen LogP contribution in [0.4, 0.5) is 0 Å². The van der Waals surface area contributed by atoms with Crippen molar-refractivity contribution in [2.24, 2.45) is 0 Å². The number of hydrogen-bond donors (Lipinski definition) is 0. The lowest BCUT2D eigenvalue weighted by Gasteiger charge is -2.09. The molecule has 0 radical (unpaired) electrons. The number of nitrogens with zero attached hydrogens (tertiary/aromatic N) is 1. The number of hydrogen-bond acceptors (Lipinski definition) is 4. The summed E-state index contributed by atoms with van der Waals surface area (Å²) in [6.07, 6.45) is 0. The minimum atomic E-state index is -0.832. The van der Waals surface area contributed by atoms with Crippen LogP contribution in [0, 0.1) is 6.92 Å². The molecule has 1 heterocycles. The minimum Gasteiger partial charge on any atom is -0.460 e. The van der Waals surface area contributed by atoms with Gasteiger partial charge in [-0.2, -0.15) is 0 Å². The van der Waals surface area contributed by atoms with Crippen LogP contribution >= 0.6 is 15.9 Å². The fourth-order valence-electron chi connectivity index (χ4n) is 2.00. The molecule has 1 aromatic heterocycles. The van der Waals surface area contributed by atoms with Crippen LogP contribution in [0.25, 0.3) is 10.9 Å². The van der Waals surface area contributed by atoms with Crippen LogP contribution in [0.15, 0.2) is 24.3 Å². The number of rotatable bonds is 4. The molecule has 2 aromatic rings. The Morgan fingerprint density at radius 3 is 2.60 bits per heavy atom. The maximum Gasteiger partial charge on any atom is 0.379 e. The summed E-state index contributed by atoms with van der Waals surface area (Å²) in [6, 6.07) is 7.30. The average Bonchev–Trinajstić information content (AvgIpc) is 2.45. The monoisotopic (exact) mass is 335 g/mol. The van der Waals surface area contributed by atoms with E-state index in [-0.39, 0.29) is 6.61 Å². The number of aryl methyl sites for hydroxylation is 1. The molecule has 0 bridgehead atoms. The number of alkyl halides is 1. The Morgan fingerprint density at radius 1 is 1.25 bits per heavy atom. The number of halogens is 1. The number of ether oxygens (including phenoxy) is 1. The number of fused-ring (bicyclic) bond motifs is 1. The van der Waals surface area contributed by atoms with Gasteiger partial charge in [-0.05, 0) is 26.0 Å². The van der Waals surface area contributed by atoms with Gasteiger partial charge < -0.3 is 4.74 Å². The second kappa shape index (κ2) is 6.13. The smallest absolute Gasteiger partial charge is 0.379 e. The van der Waals surface area contributed by atoms with Crippen molar-refractivity contribution in [3.63, 3.8) is 0 Å². The van der Waals surface area contributed by atoms with Crippen molar-refractivity contribution in [3.05, 3.63) is 41.1 Å². The summed E-state index contributed by atoms with van der Waals surface area (Å²) in [6.45, 7) is 3.73. The zero-order chi connectivity index (χ0) is 14.7. The third-order valence-electron chi connectivity index (χ3n) is 2.95. The number of esters is 1. The topological polar surface area (TPSA) is 56.3 Å². The number of Topliss-reactive ketones (excluding diaryl/α,β-unsaturated/α-hetero) is 1. The van der Waals surface area contributed by atoms with E-state index in [0.29, 0.717) is 16.5 Å². The molecule has 0 saturated heterocycles. The predicted octanol–water partition coefficient (Wildman–Crippen LogP) is 3.18. The maximum absolute atomic E-state index is 12.1. The van der Waals surface area contributed by atoms with E-state index in [9.17, 15) is 9.59 Å².